The Bertz CT molecular complexity index is 2790. The van der Waals surface area contributed by atoms with Crippen molar-refractivity contribution in [2.75, 3.05) is 4.90 Å². The predicted octanol–water partition coefficient (Wildman–Crippen LogP) is 15.8. The summed E-state index contributed by atoms with van der Waals surface area (Å²) in [6, 6.07) is 61.2. The van der Waals surface area contributed by atoms with E-state index in [4.69, 9.17) is 0 Å². The fraction of sp³-hybridized carbons (Fsp3) is 0.288. The zero-order valence-corrected chi connectivity index (χ0v) is 34.8. The summed E-state index contributed by atoms with van der Waals surface area (Å²) in [6.45, 7) is 2.18. The molecule has 1 heteroatoms. The molecule has 294 valence electrons. The van der Waals surface area contributed by atoms with E-state index in [1.807, 2.05) is 0 Å². The van der Waals surface area contributed by atoms with Crippen LogP contribution in [0.4, 0.5) is 17.1 Å². The Balaban J connectivity index is 0.919. The van der Waals surface area contributed by atoms with Crippen LogP contribution >= 0.6 is 0 Å². The third kappa shape index (κ3) is 4.87. The molecule has 1 nitrogen and oxygen atoms in total. The Labute approximate surface area is 356 Å². The van der Waals surface area contributed by atoms with E-state index in [1.165, 1.54) is 131 Å². The van der Waals surface area contributed by atoms with Gasteiger partial charge in [0.2, 0.25) is 0 Å². The highest BCUT2D eigenvalue weighted by Gasteiger charge is 2.61. The van der Waals surface area contributed by atoms with E-state index < -0.39 is 0 Å². The molecule has 5 fully saturated rings. The molecular formula is C59H53N. The van der Waals surface area contributed by atoms with Crippen LogP contribution in [0.15, 0.2) is 158 Å². The average Bonchev–Trinajstić information content (AvgIpc) is 3.74. The molecule has 7 aliphatic rings. The summed E-state index contributed by atoms with van der Waals surface area (Å²) in [7, 11) is 0. The number of hydrogen-bond acceptors (Lipinski definition) is 1. The van der Waals surface area contributed by atoms with Gasteiger partial charge >= 0.3 is 0 Å². The largest absolute Gasteiger partial charge is 0.310 e. The van der Waals surface area contributed by atoms with Gasteiger partial charge in [0.05, 0.1) is 0 Å². The standard InChI is InChI=1S/C59H53N/c1-38-22-26-45(27-23-38)60(46-28-24-41(25-29-46)48-16-10-20-54-56(48)50-14-3-5-18-52(50)58(54)30-7-2-8-31-58)47-13-9-12-42(37-47)49-17-11-21-55-57(49)51-15-4-6-19-53(51)59(55)43-33-39-32-40(35-43)36-44(59)34-39/h3-6,9-29,37,39-40,43-44H,2,7-8,30-36H2,1H3/t39-,40?,43-,44+,59+. The average molecular weight is 776 g/mol. The lowest BCUT2D eigenvalue weighted by atomic mass is 9.43. The van der Waals surface area contributed by atoms with E-state index in [0.29, 0.717) is 0 Å². The summed E-state index contributed by atoms with van der Waals surface area (Å²) in [5, 5.41) is 0. The molecule has 4 bridgehead atoms. The molecule has 0 unspecified atom stereocenters. The molecule has 0 heterocycles. The lowest BCUT2D eigenvalue weighted by molar-refractivity contribution is -0.0399. The number of benzene rings is 7. The minimum atomic E-state index is 0.157. The lowest BCUT2D eigenvalue weighted by Gasteiger charge is -2.61. The number of hydrogen-bond donors (Lipinski definition) is 0. The van der Waals surface area contributed by atoms with E-state index in [-0.39, 0.29) is 10.8 Å². The Morgan fingerprint density at radius 1 is 0.417 bits per heavy atom. The molecule has 0 aliphatic heterocycles. The second-order valence-electron chi connectivity index (χ2n) is 19.6. The Morgan fingerprint density at radius 3 is 1.65 bits per heavy atom. The van der Waals surface area contributed by atoms with Gasteiger partial charge < -0.3 is 4.90 Å². The van der Waals surface area contributed by atoms with Crippen molar-refractivity contribution in [2.24, 2.45) is 23.7 Å². The first-order chi connectivity index (χ1) is 29.6. The van der Waals surface area contributed by atoms with Gasteiger partial charge in [0.25, 0.3) is 0 Å². The number of fused-ring (bicyclic) bond motifs is 8. The van der Waals surface area contributed by atoms with E-state index in [2.05, 4.69) is 170 Å². The fourth-order valence-electron chi connectivity index (χ4n) is 14.6. The molecule has 7 aromatic rings. The molecule has 0 amide bonds. The summed E-state index contributed by atoms with van der Waals surface area (Å²) in [5.74, 6) is 3.40. The summed E-state index contributed by atoms with van der Waals surface area (Å²) in [4.78, 5) is 2.46. The second-order valence-corrected chi connectivity index (χ2v) is 19.6. The van der Waals surface area contributed by atoms with E-state index >= 15 is 0 Å². The van der Waals surface area contributed by atoms with Crippen molar-refractivity contribution in [1.82, 2.24) is 0 Å². The van der Waals surface area contributed by atoms with Crippen molar-refractivity contribution < 1.29 is 0 Å². The molecule has 0 radical (unpaired) electrons. The van der Waals surface area contributed by atoms with Crippen LogP contribution in [0.25, 0.3) is 44.5 Å². The Morgan fingerprint density at radius 2 is 0.950 bits per heavy atom. The summed E-state index contributed by atoms with van der Waals surface area (Å²) < 4.78 is 0. The lowest BCUT2D eigenvalue weighted by Crippen LogP contribution is -2.55. The maximum atomic E-state index is 2.53. The first-order valence-corrected chi connectivity index (χ1v) is 23.1. The monoisotopic (exact) mass is 775 g/mol. The summed E-state index contributed by atoms with van der Waals surface area (Å²) >= 11 is 0. The van der Waals surface area contributed by atoms with Crippen LogP contribution in [0.5, 0.6) is 0 Å². The number of aryl methyl sites for hydroxylation is 1. The molecule has 0 aromatic heterocycles. The van der Waals surface area contributed by atoms with Gasteiger partial charge in [0.15, 0.2) is 0 Å². The van der Waals surface area contributed by atoms with E-state index in [1.54, 1.807) is 22.3 Å². The Kier molecular flexibility index (Phi) is 7.71. The first kappa shape index (κ1) is 35.1. The van der Waals surface area contributed by atoms with Gasteiger partial charge in [-0.15, -0.1) is 0 Å². The first-order valence-electron chi connectivity index (χ1n) is 23.1. The molecule has 14 rings (SSSR count). The molecule has 5 saturated carbocycles. The van der Waals surface area contributed by atoms with Crippen LogP contribution in [-0.4, -0.2) is 0 Å². The fourth-order valence-corrected chi connectivity index (χ4v) is 14.6. The minimum Gasteiger partial charge on any atom is -0.310 e. The van der Waals surface area contributed by atoms with Crippen molar-refractivity contribution in [3.63, 3.8) is 0 Å². The minimum absolute atomic E-state index is 0.157. The SMILES string of the molecule is Cc1ccc(N(c2ccc(-c3cccc4c3-c3ccccc3C43CCCCC3)cc2)c2cccc(-c3cccc4c3-c3ccccc3[C@]43[C@@H]4CC5C[C@@H](C4)C[C@@H]3C5)c2)cc1. The number of anilines is 3. The van der Waals surface area contributed by atoms with Gasteiger partial charge in [-0.2, -0.15) is 0 Å². The van der Waals surface area contributed by atoms with Crippen LogP contribution in [0.2, 0.25) is 0 Å². The van der Waals surface area contributed by atoms with Crippen LogP contribution in [0.3, 0.4) is 0 Å². The zero-order chi connectivity index (χ0) is 39.6. The van der Waals surface area contributed by atoms with Gasteiger partial charge in [0.1, 0.15) is 0 Å². The smallest absolute Gasteiger partial charge is 0.0467 e. The van der Waals surface area contributed by atoms with Gasteiger partial charge in [-0.25, -0.2) is 0 Å². The number of nitrogens with zero attached hydrogens (tertiary/aromatic N) is 1. The summed E-state index contributed by atoms with van der Waals surface area (Å²) in [6.07, 6.45) is 13.6. The van der Waals surface area contributed by atoms with Gasteiger partial charge in [-0.3, -0.25) is 0 Å². The van der Waals surface area contributed by atoms with Crippen molar-refractivity contribution in [1.29, 1.82) is 0 Å². The highest BCUT2D eigenvalue weighted by molar-refractivity contribution is 5.95. The second kappa shape index (κ2) is 13.2. The highest BCUT2D eigenvalue weighted by Crippen LogP contribution is 2.70. The molecule has 60 heavy (non-hydrogen) atoms. The van der Waals surface area contributed by atoms with E-state index in [9.17, 15) is 0 Å². The van der Waals surface area contributed by atoms with Crippen molar-refractivity contribution in [3.05, 3.63) is 186 Å². The van der Waals surface area contributed by atoms with Crippen LogP contribution in [0.1, 0.15) is 92.0 Å². The third-order valence-electron chi connectivity index (χ3n) is 16.7. The number of rotatable bonds is 5. The van der Waals surface area contributed by atoms with Crippen molar-refractivity contribution in [3.8, 4) is 44.5 Å². The quantitative estimate of drug-likeness (QED) is 0.168. The zero-order valence-electron chi connectivity index (χ0n) is 34.8. The normalized spacial score (nSPS) is 24.6. The third-order valence-corrected chi connectivity index (χ3v) is 16.7. The highest BCUT2D eigenvalue weighted by atomic mass is 15.1. The van der Waals surface area contributed by atoms with Crippen LogP contribution in [-0.2, 0) is 10.8 Å². The van der Waals surface area contributed by atoms with Gasteiger partial charge in [0, 0.05) is 27.9 Å². The summed E-state index contributed by atoms with van der Waals surface area (Å²) in [5.41, 5.74) is 22.7. The Hall–Kier alpha value is -5.66. The molecular weight excluding hydrogens is 723 g/mol. The molecule has 0 saturated heterocycles. The van der Waals surface area contributed by atoms with Gasteiger partial charge in [-0.05, 0) is 179 Å². The van der Waals surface area contributed by atoms with E-state index in [0.717, 1.165) is 23.7 Å². The van der Waals surface area contributed by atoms with Crippen molar-refractivity contribution in [2.45, 2.75) is 82.0 Å². The van der Waals surface area contributed by atoms with Crippen LogP contribution in [0, 0.1) is 30.6 Å². The maximum absolute atomic E-state index is 2.53. The maximum Gasteiger partial charge on any atom is 0.0467 e. The van der Waals surface area contributed by atoms with Crippen LogP contribution < -0.4 is 4.90 Å². The molecule has 7 aliphatic carbocycles. The predicted molar refractivity (Wildman–Crippen MR) is 249 cm³/mol. The van der Waals surface area contributed by atoms with Crippen molar-refractivity contribution >= 4 is 17.1 Å². The molecule has 2 spiro atoms. The molecule has 7 aromatic carbocycles. The van der Waals surface area contributed by atoms with Gasteiger partial charge in [-0.1, -0.05) is 146 Å². The molecule has 0 atom stereocenters. The topological polar surface area (TPSA) is 3.24 Å². The molecule has 0 N–H and O–H groups in total.